The summed E-state index contributed by atoms with van der Waals surface area (Å²) in [6, 6.07) is 4.33. The van der Waals surface area contributed by atoms with Gasteiger partial charge >= 0.3 is 0 Å². The van der Waals surface area contributed by atoms with Crippen LogP contribution in [0, 0.1) is 5.82 Å². The summed E-state index contributed by atoms with van der Waals surface area (Å²) in [5.41, 5.74) is 8.04. The summed E-state index contributed by atoms with van der Waals surface area (Å²) in [4.78, 5) is 23.3. The molecule has 1 spiro atoms. The molecule has 1 saturated heterocycles. The highest BCUT2D eigenvalue weighted by Crippen LogP contribution is 2.44. The van der Waals surface area contributed by atoms with Crippen LogP contribution in [-0.4, -0.2) is 41.0 Å². The van der Waals surface area contributed by atoms with Crippen LogP contribution in [0.25, 0.3) is 0 Å². The number of halogens is 1. The summed E-state index contributed by atoms with van der Waals surface area (Å²) in [5, 5.41) is 0. The molecule has 0 saturated carbocycles. The molecule has 2 aliphatic rings. The van der Waals surface area contributed by atoms with Crippen molar-refractivity contribution >= 4 is 11.9 Å². The molecule has 0 bridgehead atoms. The molecular formula is C19H21FN4O2. The average Bonchev–Trinajstić information content (AvgIpc) is 2.98. The van der Waals surface area contributed by atoms with Crippen molar-refractivity contribution in [3.8, 4) is 5.75 Å². The number of piperidine rings is 1. The van der Waals surface area contributed by atoms with E-state index >= 15 is 0 Å². The Labute approximate surface area is 151 Å². The molecule has 26 heavy (non-hydrogen) atoms. The van der Waals surface area contributed by atoms with Crippen LogP contribution in [0.2, 0.25) is 0 Å². The van der Waals surface area contributed by atoms with E-state index in [0.29, 0.717) is 18.7 Å². The molecule has 0 radical (unpaired) electrons. The molecule has 2 N–H and O–H groups in total. The maximum absolute atomic E-state index is 14.0. The predicted octanol–water partition coefficient (Wildman–Crippen LogP) is 2.33. The number of carbonyl (C=O) groups excluding carboxylic acids is 1. The molecule has 6 nitrogen and oxygen atoms in total. The van der Waals surface area contributed by atoms with Crippen LogP contribution >= 0.6 is 0 Å². The summed E-state index contributed by atoms with van der Waals surface area (Å²) >= 11 is 0. The molecule has 1 aliphatic heterocycles. The van der Waals surface area contributed by atoms with E-state index in [1.165, 1.54) is 19.2 Å². The first-order valence-corrected chi connectivity index (χ1v) is 8.77. The van der Waals surface area contributed by atoms with Gasteiger partial charge in [-0.2, -0.15) is 0 Å². The number of methoxy groups -OCH3 is 1. The Bertz CT molecular complexity index is 869. The van der Waals surface area contributed by atoms with Gasteiger partial charge in [-0.25, -0.2) is 14.4 Å². The smallest absolute Gasteiger partial charge is 0.253 e. The Hall–Kier alpha value is -2.70. The van der Waals surface area contributed by atoms with Crippen LogP contribution in [0.1, 0.15) is 40.9 Å². The molecule has 1 unspecified atom stereocenters. The molecule has 1 atom stereocenters. The van der Waals surface area contributed by atoms with Gasteiger partial charge in [0.05, 0.1) is 12.8 Å². The second-order valence-corrected chi connectivity index (χ2v) is 7.06. The third-order valence-electron chi connectivity index (χ3n) is 5.52. The van der Waals surface area contributed by atoms with Gasteiger partial charge in [0.2, 0.25) is 5.95 Å². The van der Waals surface area contributed by atoms with E-state index in [0.717, 1.165) is 36.9 Å². The summed E-state index contributed by atoms with van der Waals surface area (Å²) in [7, 11) is 1.40. The van der Waals surface area contributed by atoms with Crippen LogP contribution < -0.4 is 10.5 Å². The van der Waals surface area contributed by atoms with Crippen LogP contribution in [0.3, 0.4) is 0 Å². The third-order valence-corrected chi connectivity index (χ3v) is 5.52. The minimum Gasteiger partial charge on any atom is -0.494 e. The molecule has 1 aromatic heterocycles. The number of amides is 1. The Balaban J connectivity index is 1.61. The van der Waals surface area contributed by atoms with Gasteiger partial charge in [-0.1, -0.05) is 0 Å². The van der Waals surface area contributed by atoms with Gasteiger partial charge < -0.3 is 15.4 Å². The third kappa shape index (κ3) is 2.67. The monoisotopic (exact) mass is 356 g/mol. The number of benzene rings is 1. The van der Waals surface area contributed by atoms with Gasteiger partial charge in [0, 0.05) is 30.3 Å². The number of anilines is 1. The Morgan fingerprint density at radius 1 is 1.38 bits per heavy atom. The number of ether oxygens (including phenoxy) is 1. The number of nitrogen functional groups attached to an aromatic ring is 1. The topological polar surface area (TPSA) is 81.3 Å². The largest absolute Gasteiger partial charge is 0.494 e. The molecule has 1 aliphatic carbocycles. The zero-order valence-corrected chi connectivity index (χ0v) is 14.7. The standard InChI is InChI=1S/C19H21FN4O2/c1-26-15-4-3-12(9-14(15)20)17(25)24-8-2-6-19(11-24)7-5-13-10-22-18(21)23-16(13)19/h3-4,9-10H,2,5-8,11H2,1H3,(H2,21,22,23). The molecule has 7 heteroatoms. The van der Waals surface area contributed by atoms with Gasteiger partial charge in [-0.3, -0.25) is 4.79 Å². The lowest BCUT2D eigenvalue weighted by atomic mass is 9.77. The van der Waals surface area contributed by atoms with E-state index in [4.69, 9.17) is 10.5 Å². The van der Waals surface area contributed by atoms with Crippen LogP contribution in [-0.2, 0) is 11.8 Å². The maximum atomic E-state index is 14.0. The Kier molecular flexibility index (Phi) is 4.01. The lowest BCUT2D eigenvalue weighted by Gasteiger charge is -2.40. The number of fused-ring (bicyclic) bond motifs is 2. The van der Waals surface area contributed by atoms with Crippen molar-refractivity contribution in [2.45, 2.75) is 31.1 Å². The van der Waals surface area contributed by atoms with E-state index in [1.807, 2.05) is 0 Å². The SMILES string of the molecule is COc1ccc(C(=O)N2CCCC3(CCc4cnc(N)nc43)C2)cc1F. The summed E-state index contributed by atoms with van der Waals surface area (Å²) < 4.78 is 18.9. The summed E-state index contributed by atoms with van der Waals surface area (Å²) in [6.07, 6.45) is 5.48. The van der Waals surface area contributed by atoms with Crippen molar-refractivity contribution in [1.29, 1.82) is 0 Å². The van der Waals surface area contributed by atoms with Gasteiger partial charge in [-0.15, -0.1) is 0 Å². The van der Waals surface area contributed by atoms with Gasteiger partial charge in [0.1, 0.15) is 0 Å². The highest BCUT2D eigenvalue weighted by Gasteiger charge is 2.44. The van der Waals surface area contributed by atoms with Crippen molar-refractivity contribution in [2.75, 3.05) is 25.9 Å². The number of hydrogen-bond donors (Lipinski definition) is 1. The van der Waals surface area contributed by atoms with Crippen LogP contribution in [0.5, 0.6) is 5.75 Å². The van der Waals surface area contributed by atoms with Gasteiger partial charge in [-0.05, 0) is 49.4 Å². The van der Waals surface area contributed by atoms with Crippen molar-refractivity contribution in [1.82, 2.24) is 14.9 Å². The molecular weight excluding hydrogens is 335 g/mol. The zero-order valence-electron chi connectivity index (χ0n) is 14.7. The van der Waals surface area contributed by atoms with E-state index in [2.05, 4.69) is 9.97 Å². The highest BCUT2D eigenvalue weighted by molar-refractivity contribution is 5.94. The predicted molar refractivity (Wildman–Crippen MR) is 94.5 cm³/mol. The average molecular weight is 356 g/mol. The van der Waals surface area contributed by atoms with E-state index in [9.17, 15) is 9.18 Å². The van der Waals surface area contributed by atoms with Crippen molar-refractivity contribution < 1.29 is 13.9 Å². The zero-order chi connectivity index (χ0) is 18.3. The minimum absolute atomic E-state index is 0.133. The molecule has 2 aromatic rings. The number of hydrogen-bond acceptors (Lipinski definition) is 5. The first kappa shape index (κ1) is 16.8. The second-order valence-electron chi connectivity index (χ2n) is 7.06. The normalized spacial score (nSPS) is 21.7. The molecule has 1 amide bonds. The van der Waals surface area contributed by atoms with Crippen LogP contribution in [0.15, 0.2) is 24.4 Å². The number of likely N-dealkylation sites (tertiary alicyclic amines) is 1. The van der Waals surface area contributed by atoms with E-state index < -0.39 is 5.82 Å². The first-order valence-electron chi connectivity index (χ1n) is 8.77. The fourth-order valence-corrected chi connectivity index (χ4v) is 4.24. The minimum atomic E-state index is -0.531. The Morgan fingerprint density at radius 3 is 3.00 bits per heavy atom. The van der Waals surface area contributed by atoms with Crippen molar-refractivity contribution in [3.05, 3.63) is 47.0 Å². The molecule has 136 valence electrons. The lowest BCUT2D eigenvalue weighted by molar-refractivity contribution is 0.0633. The van der Waals surface area contributed by atoms with Crippen LogP contribution in [0.4, 0.5) is 10.3 Å². The first-order chi connectivity index (χ1) is 12.5. The molecule has 1 aromatic carbocycles. The quantitative estimate of drug-likeness (QED) is 0.893. The van der Waals surface area contributed by atoms with Crippen molar-refractivity contribution in [3.63, 3.8) is 0 Å². The number of nitrogens with zero attached hydrogens (tertiary/aromatic N) is 3. The number of carbonyl (C=O) groups is 1. The summed E-state index contributed by atoms with van der Waals surface area (Å²) in [5.74, 6) is -0.294. The van der Waals surface area contributed by atoms with Gasteiger partial charge in [0.25, 0.3) is 5.91 Å². The molecule has 4 rings (SSSR count). The number of rotatable bonds is 2. The Morgan fingerprint density at radius 2 is 2.23 bits per heavy atom. The van der Waals surface area contributed by atoms with E-state index in [-0.39, 0.29) is 23.0 Å². The lowest BCUT2D eigenvalue weighted by Crippen LogP contribution is -2.48. The fourth-order valence-electron chi connectivity index (χ4n) is 4.24. The fraction of sp³-hybridized carbons (Fsp3) is 0.421. The van der Waals surface area contributed by atoms with Gasteiger partial charge in [0.15, 0.2) is 11.6 Å². The summed E-state index contributed by atoms with van der Waals surface area (Å²) in [6.45, 7) is 1.23. The number of nitrogens with two attached hydrogens (primary N) is 1. The van der Waals surface area contributed by atoms with Crippen molar-refractivity contribution in [2.24, 2.45) is 0 Å². The number of aromatic nitrogens is 2. The number of aryl methyl sites for hydroxylation is 1. The highest BCUT2D eigenvalue weighted by atomic mass is 19.1. The molecule has 1 fully saturated rings. The second kappa shape index (κ2) is 6.23. The molecule has 2 heterocycles. The maximum Gasteiger partial charge on any atom is 0.253 e. The van der Waals surface area contributed by atoms with E-state index in [1.54, 1.807) is 17.2 Å².